The van der Waals surface area contributed by atoms with Crippen molar-refractivity contribution in [3.8, 4) is 0 Å². The highest BCUT2D eigenvalue weighted by atomic mass is 16.4. The van der Waals surface area contributed by atoms with Crippen molar-refractivity contribution < 1.29 is 25.2 Å². The Morgan fingerprint density at radius 2 is 1.73 bits per heavy atom. The quantitative estimate of drug-likeness (QED) is 0.365. The number of aliphatic hydroxyl groups is 4. The SMILES string of the molecule is O=C(CO)C[C@H](O)[C@H](O)CO. The normalized spacial score (nSPS) is 16.0. The molecule has 0 amide bonds. The van der Waals surface area contributed by atoms with Crippen molar-refractivity contribution in [2.24, 2.45) is 0 Å². The molecule has 0 fully saturated rings. The minimum absolute atomic E-state index is 0.335. The standard InChI is InChI=1S/C6H12O5/c7-2-4(9)1-5(10)6(11)3-8/h5-8,10-11H,1-3H2/t5-,6+/m0/s1. The van der Waals surface area contributed by atoms with Crippen LogP contribution in [0.1, 0.15) is 6.42 Å². The fraction of sp³-hybridized carbons (Fsp3) is 0.833. The van der Waals surface area contributed by atoms with Gasteiger partial charge in [-0.2, -0.15) is 0 Å². The summed E-state index contributed by atoms with van der Waals surface area (Å²) in [5.74, 6) is -0.565. The summed E-state index contributed by atoms with van der Waals surface area (Å²) in [7, 11) is 0. The molecule has 0 aromatic heterocycles. The van der Waals surface area contributed by atoms with Gasteiger partial charge in [-0.15, -0.1) is 0 Å². The Morgan fingerprint density at radius 1 is 1.18 bits per heavy atom. The topological polar surface area (TPSA) is 98.0 Å². The monoisotopic (exact) mass is 164 g/mol. The van der Waals surface area contributed by atoms with Gasteiger partial charge in [0.1, 0.15) is 12.7 Å². The highest BCUT2D eigenvalue weighted by molar-refractivity contribution is 5.79. The van der Waals surface area contributed by atoms with Gasteiger partial charge in [0.05, 0.1) is 12.7 Å². The Kier molecular flexibility index (Phi) is 4.97. The van der Waals surface area contributed by atoms with Crippen LogP contribution in [-0.4, -0.2) is 51.6 Å². The third kappa shape index (κ3) is 4.05. The number of hydrogen-bond donors (Lipinski definition) is 4. The second-order valence-electron chi connectivity index (χ2n) is 2.22. The second-order valence-corrected chi connectivity index (χ2v) is 2.22. The van der Waals surface area contributed by atoms with E-state index < -0.39 is 31.2 Å². The second kappa shape index (κ2) is 5.20. The van der Waals surface area contributed by atoms with Gasteiger partial charge in [0.2, 0.25) is 0 Å². The summed E-state index contributed by atoms with van der Waals surface area (Å²) < 4.78 is 0. The predicted octanol–water partition coefficient (Wildman–Crippen LogP) is -2.35. The Bertz CT molecular complexity index is 124. The summed E-state index contributed by atoms with van der Waals surface area (Å²) in [6.07, 6.45) is -2.94. The smallest absolute Gasteiger partial charge is 0.160 e. The molecule has 5 nitrogen and oxygen atoms in total. The van der Waals surface area contributed by atoms with Gasteiger partial charge in [0.25, 0.3) is 0 Å². The number of carbonyl (C=O) groups excluding carboxylic acids is 1. The maximum Gasteiger partial charge on any atom is 0.160 e. The van der Waals surface area contributed by atoms with E-state index in [4.69, 9.17) is 20.4 Å². The van der Waals surface area contributed by atoms with Crippen molar-refractivity contribution in [3.05, 3.63) is 0 Å². The van der Waals surface area contributed by atoms with Gasteiger partial charge in [-0.25, -0.2) is 0 Å². The first-order valence-electron chi connectivity index (χ1n) is 3.21. The van der Waals surface area contributed by atoms with Gasteiger partial charge < -0.3 is 20.4 Å². The first-order chi connectivity index (χ1) is 5.11. The first kappa shape index (κ1) is 10.5. The molecule has 0 aromatic carbocycles. The molecule has 0 aliphatic rings. The van der Waals surface area contributed by atoms with Crippen LogP contribution < -0.4 is 0 Å². The molecule has 0 radical (unpaired) electrons. The van der Waals surface area contributed by atoms with E-state index >= 15 is 0 Å². The Morgan fingerprint density at radius 3 is 2.09 bits per heavy atom. The van der Waals surface area contributed by atoms with Crippen LogP contribution in [-0.2, 0) is 4.79 Å². The molecule has 0 aliphatic carbocycles. The van der Waals surface area contributed by atoms with Crippen LogP contribution in [0.25, 0.3) is 0 Å². The van der Waals surface area contributed by atoms with E-state index in [1.807, 2.05) is 0 Å². The van der Waals surface area contributed by atoms with Crippen LogP contribution in [0.3, 0.4) is 0 Å². The summed E-state index contributed by atoms with van der Waals surface area (Å²) in [6, 6.07) is 0. The number of ketones is 1. The summed E-state index contributed by atoms with van der Waals surface area (Å²) in [4.78, 5) is 10.4. The maximum atomic E-state index is 10.4. The molecule has 0 saturated carbocycles. The summed E-state index contributed by atoms with van der Waals surface area (Å²) in [5.41, 5.74) is 0. The highest BCUT2D eigenvalue weighted by Crippen LogP contribution is 1.98. The molecule has 0 unspecified atom stereocenters. The van der Waals surface area contributed by atoms with Crippen LogP contribution >= 0.6 is 0 Å². The lowest BCUT2D eigenvalue weighted by molar-refractivity contribution is -0.126. The van der Waals surface area contributed by atoms with Gasteiger partial charge in [-0.3, -0.25) is 4.79 Å². The Labute approximate surface area is 63.9 Å². The molecule has 0 aliphatic heterocycles. The molecule has 0 spiro atoms. The van der Waals surface area contributed by atoms with Crippen LogP contribution in [0, 0.1) is 0 Å². The van der Waals surface area contributed by atoms with E-state index in [1.165, 1.54) is 0 Å². The Balaban J connectivity index is 3.67. The molecular formula is C6H12O5. The lowest BCUT2D eigenvalue weighted by Gasteiger charge is -2.13. The molecule has 66 valence electrons. The zero-order valence-electron chi connectivity index (χ0n) is 5.97. The average Bonchev–Trinajstić information content (AvgIpc) is 2.02. The first-order valence-corrected chi connectivity index (χ1v) is 3.21. The van der Waals surface area contributed by atoms with Gasteiger partial charge in [-0.05, 0) is 0 Å². The zero-order valence-corrected chi connectivity index (χ0v) is 5.97. The van der Waals surface area contributed by atoms with Crippen LogP contribution in [0.15, 0.2) is 0 Å². The molecule has 0 aromatic rings. The van der Waals surface area contributed by atoms with Crippen molar-refractivity contribution in [1.29, 1.82) is 0 Å². The summed E-state index contributed by atoms with van der Waals surface area (Å²) in [5, 5.41) is 34.2. The largest absolute Gasteiger partial charge is 0.394 e. The lowest BCUT2D eigenvalue weighted by atomic mass is 10.1. The molecule has 0 rings (SSSR count). The maximum absolute atomic E-state index is 10.4. The predicted molar refractivity (Wildman–Crippen MR) is 35.8 cm³/mol. The third-order valence-electron chi connectivity index (χ3n) is 1.24. The van der Waals surface area contributed by atoms with Gasteiger partial charge in [0, 0.05) is 6.42 Å². The van der Waals surface area contributed by atoms with Crippen molar-refractivity contribution >= 4 is 5.78 Å². The van der Waals surface area contributed by atoms with Crippen molar-refractivity contribution in [2.45, 2.75) is 18.6 Å². The van der Waals surface area contributed by atoms with Crippen molar-refractivity contribution in [1.82, 2.24) is 0 Å². The number of Topliss-reactive ketones (excluding diaryl/α,β-unsaturated/α-hetero) is 1. The van der Waals surface area contributed by atoms with Crippen LogP contribution in [0.2, 0.25) is 0 Å². The molecular weight excluding hydrogens is 152 g/mol. The van der Waals surface area contributed by atoms with E-state index in [2.05, 4.69) is 0 Å². The van der Waals surface area contributed by atoms with E-state index in [0.29, 0.717) is 0 Å². The lowest BCUT2D eigenvalue weighted by Crippen LogP contribution is -2.31. The molecule has 2 atom stereocenters. The van der Waals surface area contributed by atoms with Crippen LogP contribution in [0.5, 0.6) is 0 Å². The summed E-state index contributed by atoms with van der Waals surface area (Å²) in [6.45, 7) is -1.25. The van der Waals surface area contributed by atoms with Crippen LogP contribution in [0.4, 0.5) is 0 Å². The van der Waals surface area contributed by atoms with E-state index in [0.717, 1.165) is 0 Å². The fourth-order valence-electron chi connectivity index (χ4n) is 0.556. The molecule has 4 N–H and O–H groups in total. The molecule has 5 heteroatoms. The van der Waals surface area contributed by atoms with E-state index in [1.54, 1.807) is 0 Å². The highest BCUT2D eigenvalue weighted by Gasteiger charge is 2.17. The van der Waals surface area contributed by atoms with E-state index in [-0.39, 0.29) is 6.42 Å². The molecule has 0 bridgehead atoms. The average molecular weight is 164 g/mol. The number of hydrogen-bond acceptors (Lipinski definition) is 5. The summed E-state index contributed by atoms with van der Waals surface area (Å²) >= 11 is 0. The molecule has 11 heavy (non-hydrogen) atoms. The van der Waals surface area contributed by atoms with Gasteiger partial charge in [0.15, 0.2) is 5.78 Å². The molecule has 0 saturated heterocycles. The van der Waals surface area contributed by atoms with Crippen molar-refractivity contribution in [2.75, 3.05) is 13.2 Å². The Hall–Kier alpha value is -0.490. The number of aliphatic hydroxyl groups excluding tert-OH is 4. The van der Waals surface area contributed by atoms with E-state index in [9.17, 15) is 4.79 Å². The molecule has 0 heterocycles. The third-order valence-corrected chi connectivity index (χ3v) is 1.24. The number of rotatable bonds is 5. The zero-order chi connectivity index (χ0) is 8.85. The number of carbonyl (C=O) groups is 1. The minimum atomic E-state index is -1.31. The fourth-order valence-corrected chi connectivity index (χ4v) is 0.556. The van der Waals surface area contributed by atoms with Crippen molar-refractivity contribution in [3.63, 3.8) is 0 Å². The van der Waals surface area contributed by atoms with Gasteiger partial charge in [-0.1, -0.05) is 0 Å². The minimum Gasteiger partial charge on any atom is -0.394 e. The van der Waals surface area contributed by atoms with Gasteiger partial charge >= 0.3 is 0 Å².